The van der Waals surface area contributed by atoms with Gasteiger partial charge in [-0.25, -0.2) is 4.98 Å². The van der Waals surface area contributed by atoms with Gasteiger partial charge in [-0.1, -0.05) is 19.9 Å². The Labute approximate surface area is 95.7 Å². The number of hydrogen-bond acceptors (Lipinski definition) is 3. The first-order valence-corrected chi connectivity index (χ1v) is 6.47. The van der Waals surface area contributed by atoms with Crippen LogP contribution in [0.2, 0.25) is 0 Å². The van der Waals surface area contributed by atoms with Crippen molar-refractivity contribution in [3.05, 3.63) is 22.9 Å². The number of thioether (sulfide) groups is 1. The normalized spacial score (nSPS) is 14.7. The molecule has 1 aliphatic rings. The van der Waals surface area contributed by atoms with Crippen molar-refractivity contribution in [2.24, 2.45) is 5.73 Å². The van der Waals surface area contributed by atoms with Crippen molar-refractivity contribution in [3.63, 3.8) is 0 Å². The maximum atomic E-state index is 5.77. The van der Waals surface area contributed by atoms with Crippen molar-refractivity contribution >= 4 is 11.8 Å². The molecule has 0 unspecified atom stereocenters. The first kappa shape index (κ1) is 11.0. The van der Waals surface area contributed by atoms with Crippen LogP contribution in [0.25, 0.3) is 0 Å². The van der Waals surface area contributed by atoms with Crippen LogP contribution >= 0.6 is 11.8 Å². The van der Waals surface area contributed by atoms with Gasteiger partial charge in [-0.2, -0.15) is 0 Å². The third kappa shape index (κ3) is 2.34. The van der Waals surface area contributed by atoms with Crippen LogP contribution in [0.4, 0.5) is 0 Å². The molecule has 2 nitrogen and oxygen atoms in total. The molecular formula is C12H18N2S. The number of pyridine rings is 1. The SMILES string of the molecule is CC(C)Sc1nc2c(cc1CN)CCC2. The summed E-state index contributed by atoms with van der Waals surface area (Å²) in [6.45, 7) is 5.00. The van der Waals surface area contributed by atoms with Crippen molar-refractivity contribution in [1.29, 1.82) is 0 Å². The predicted octanol–water partition coefficient (Wildman–Crippen LogP) is 2.53. The van der Waals surface area contributed by atoms with E-state index in [0.29, 0.717) is 11.8 Å². The van der Waals surface area contributed by atoms with Gasteiger partial charge in [0.25, 0.3) is 0 Å². The van der Waals surface area contributed by atoms with Gasteiger partial charge in [-0.15, -0.1) is 11.8 Å². The van der Waals surface area contributed by atoms with E-state index >= 15 is 0 Å². The summed E-state index contributed by atoms with van der Waals surface area (Å²) in [4.78, 5) is 4.75. The number of nitrogens with two attached hydrogens (primary N) is 1. The Bertz CT molecular complexity index is 361. The number of fused-ring (bicyclic) bond motifs is 1. The van der Waals surface area contributed by atoms with Crippen LogP contribution in [0, 0.1) is 0 Å². The minimum Gasteiger partial charge on any atom is -0.326 e. The average molecular weight is 222 g/mol. The lowest BCUT2D eigenvalue weighted by Gasteiger charge is -2.11. The second-order valence-electron chi connectivity index (χ2n) is 4.28. The lowest BCUT2D eigenvalue weighted by atomic mass is 10.1. The second-order valence-corrected chi connectivity index (χ2v) is 5.85. The van der Waals surface area contributed by atoms with Gasteiger partial charge in [0.15, 0.2) is 0 Å². The zero-order valence-electron chi connectivity index (χ0n) is 9.42. The van der Waals surface area contributed by atoms with Gasteiger partial charge in [0.1, 0.15) is 5.03 Å². The van der Waals surface area contributed by atoms with Crippen molar-refractivity contribution in [1.82, 2.24) is 4.98 Å². The van der Waals surface area contributed by atoms with Gasteiger partial charge in [0.2, 0.25) is 0 Å². The molecule has 0 aliphatic heterocycles. The van der Waals surface area contributed by atoms with Gasteiger partial charge in [-0.3, -0.25) is 0 Å². The molecular weight excluding hydrogens is 204 g/mol. The molecule has 3 heteroatoms. The Morgan fingerprint density at radius 1 is 1.47 bits per heavy atom. The molecule has 0 fully saturated rings. The van der Waals surface area contributed by atoms with Crippen molar-refractivity contribution < 1.29 is 0 Å². The monoisotopic (exact) mass is 222 g/mol. The van der Waals surface area contributed by atoms with E-state index in [1.165, 1.54) is 29.7 Å². The molecule has 1 aromatic heterocycles. The van der Waals surface area contributed by atoms with Crippen molar-refractivity contribution in [2.75, 3.05) is 0 Å². The molecule has 0 saturated carbocycles. The summed E-state index contributed by atoms with van der Waals surface area (Å²) in [5.41, 5.74) is 9.71. The van der Waals surface area contributed by atoms with Crippen LogP contribution in [-0.4, -0.2) is 10.2 Å². The van der Waals surface area contributed by atoms with E-state index in [1.54, 1.807) is 0 Å². The number of rotatable bonds is 3. The number of nitrogens with zero attached hydrogens (tertiary/aromatic N) is 1. The maximum Gasteiger partial charge on any atom is 0.101 e. The fourth-order valence-electron chi connectivity index (χ4n) is 1.97. The molecule has 15 heavy (non-hydrogen) atoms. The Kier molecular flexibility index (Phi) is 3.32. The van der Waals surface area contributed by atoms with Crippen LogP contribution in [0.3, 0.4) is 0 Å². The molecule has 0 saturated heterocycles. The van der Waals surface area contributed by atoms with Gasteiger partial charge in [-0.05, 0) is 30.4 Å². The predicted molar refractivity (Wildman–Crippen MR) is 65.1 cm³/mol. The molecule has 0 bridgehead atoms. The summed E-state index contributed by atoms with van der Waals surface area (Å²) in [5, 5.41) is 1.72. The molecule has 82 valence electrons. The molecule has 2 rings (SSSR count). The third-order valence-electron chi connectivity index (χ3n) is 2.66. The van der Waals surface area contributed by atoms with E-state index < -0.39 is 0 Å². The summed E-state index contributed by atoms with van der Waals surface area (Å²) in [5.74, 6) is 0. The van der Waals surface area contributed by atoms with Gasteiger partial charge in [0, 0.05) is 17.5 Å². The summed E-state index contributed by atoms with van der Waals surface area (Å²) in [6, 6.07) is 2.26. The Hall–Kier alpha value is -0.540. The molecule has 1 aromatic rings. The van der Waals surface area contributed by atoms with Crippen LogP contribution in [0.5, 0.6) is 0 Å². The highest BCUT2D eigenvalue weighted by molar-refractivity contribution is 7.99. The standard InChI is InChI=1S/C12H18N2S/c1-8(2)15-12-10(7-13)6-9-4-3-5-11(9)14-12/h6,8H,3-5,7,13H2,1-2H3. The van der Waals surface area contributed by atoms with Crippen LogP contribution in [-0.2, 0) is 19.4 Å². The number of aromatic nitrogens is 1. The summed E-state index contributed by atoms with van der Waals surface area (Å²) in [6.07, 6.45) is 3.58. The average Bonchev–Trinajstić information content (AvgIpc) is 2.62. The zero-order valence-corrected chi connectivity index (χ0v) is 10.2. The molecule has 0 aromatic carbocycles. The summed E-state index contributed by atoms with van der Waals surface area (Å²) in [7, 11) is 0. The van der Waals surface area contributed by atoms with Gasteiger partial charge < -0.3 is 5.73 Å². The fourth-order valence-corrected chi connectivity index (χ4v) is 2.88. The molecule has 1 heterocycles. The molecule has 0 atom stereocenters. The molecule has 0 amide bonds. The minimum absolute atomic E-state index is 0.572. The minimum atomic E-state index is 0.572. The van der Waals surface area contributed by atoms with E-state index in [2.05, 4.69) is 19.9 Å². The molecule has 0 radical (unpaired) electrons. The lowest BCUT2D eigenvalue weighted by molar-refractivity contribution is 0.882. The zero-order chi connectivity index (χ0) is 10.8. The topological polar surface area (TPSA) is 38.9 Å². The number of hydrogen-bond donors (Lipinski definition) is 1. The molecule has 0 spiro atoms. The third-order valence-corrected chi connectivity index (χ3v) is 3.71. The second kappa shape index (κ2) is 4.54. The Morgan fingerprint density at radius 2 is 2.27 bits per heavy atom. The number of aryl methyl sites for hydroxylation is 2. The van der Waals surface area contributed by atoms with Gasteiger partial charge in [0.05, 0.1) is 0 Å². The van der Waals surface area contributed by atoms with E-state index in [-0.39, 0.29) is 0 Å². The smallest absolute Gasteiger partial charge is 0.101 e. The Morgan fingerprint density at radius 3 is 2.93 bits per heavy atom. The molecule has 1 aliphatic carbocycles. The fraction of sp³-hybridized carbons (Fsp3) is 0.583. The van der Waals surface area contributed by atoms with Crippen LogP contribution in [0.15, 0.2) is 11.1 Å². The highest BCUT2D eigenvalue weighted by Crippen LogP contribution is 2.29. The van der Waals surface area contributed by atoms with E-state index in [4.69, 9.17) is 10.7 Å². The van der Waals surface area contributed by atoms with Gasteiger partial charge >= 0.3 is 0 Å². The quantitative estimate of drug-likeness (QED) is 0.799. The van der Waals surface area contributed by atoms with Crippen molar-refractivity contribution in [3.8, 4) is 0 Å². The lowest BCUT2D eigenvalue weighted by Crippen LogP contribution is -2.04. The van der Waals surface area contributed by atoms with E-state index in [1.807, 2.05) is 11.8 Å². The van der Waals surface area contributed by atoms with Crippen LogP contribution < -0.4 is 5.73 Å². The highest BCUT2D eigenvalue weighted by atomic mass is 32.2. The van der Waals surface area contributed by atoms with Crippen molar-refractivity contribution in [2.45, 2.75) is 49.9 Å². The largest absolute Gasteiger partial charge is 0.326 e. The maximum absolute atomic E-state index is 5.77. The molecule has 2 N–H and O–H groups in total. The van der Waals surface area contributed by atoms with E-state index in [0.717, 1.165) is 11.4 Å². The summed E-state index contributed by atoms with van der Waals surface area (Å²) >= 11 is 1.82. The van der Waals surface area contributed by atoms with Crippen LogP contribution in [0.1, 0.15) is 37.1 Å². The van der Waals surface area contributed by atoms with E-state index in [9.17, 15) is 0 Å². The first-order valence-electron chi connectivity index (χ1n) is 5.59. The first-order chi connectivity index (χ1) is 7.20. The highest BCUT2D eigenvalue weighted by Gasteiger charge is 2.16. The Balaban J connectivity index is 2.35. The summed E-state index contributed by atoms with van der Waals surface area (Å²) < 4.78 is 0.